The Labute approximate surface area is 140 Å². The van der Waals surface area contributed by atoms with Crippen molar-refractivity contribution in [2.75, 3.05) is 6.61 Å². The molecule has 0 aromatic heterocycles. The molecule has 1 aromatic carbocycles. The third kappa shape index (κ3) is 4.90. The highest BCUT2D eigenvalue weighted by Gasteiger charge is 2.38. The highest BCUT2D eigenvalue weighted by atomic mass is 28.4. The summed E-state index contributed by atoms with van der Waals surface area (Å²) in [6.07, 6.45) is 1.14. The minimum Gasteiger partial charge on any atom is -0.432 e. The van der Waals surface area contributed by atoms with Crippen LogP contribution in [0.4, 0.5) is 0 Å². The zero-order chi connectivity index (χ0) is 17.1. The van der Waals surface area contributed by atoms with Crippen molar-refractivity contribution in [3.8, 4) is 0 Å². The Kier molecular flexibility index (Phi) is 5.65. The van der Waals surface area contributed by atoms with Crippen LogP contribution in [0, 0.1) is 0 Å². The van der Waals surface area contributed by atoms with E-state index in [1.54, 1.807) is 12.1 Å². The molecule has 0 saturated carbocycles. The number of hydrogen-bond acceptors (Lipinski definition) is 4. The molecule has 1 aliphatic rings. The Morgan fingerprint density at radius 2 is 1.87 bits per heavy atom. The number of esters is 1. The van der Waals surface area contributed by atoms with Crippen LogP contribution in [0.25, 0.3) is 0 Å². The van der Waals surface area contributed by atoms with Crippen LogP contribution in [0.2, 0.25) is 18.1 Å². The molecule has 0 bridgehead atoms. The fraction of sp³-hybridized carbons (Fsp3) is 0.611. The lowest BCUT2D eigenvalue weighted by atomic mass is 10.2. The summed E-state index contributed by atoms with van der Waals surface area (Å²) in [7, 11) is -1.77. The van der Waals surface area contributed by atoms with Gasteiger partial charge in [0.15, 0.2) is 8.32 Å². The van der Waals surface area contributed by atoms with Gasteiger partial charge in [-0.15, -0.1) is 0 Å². The molecule has 0 spiro atoms. The maximum Gasteiger partial charge on any atom is 0.340 e. The smallest absolute Gasteiger partial charge is 0.340 e. The average molecular weight is 337 g/mol. The van der Waals surface area contributed by atoms with E-state index in [-0.39, 0.29) is 17.1 Å². The minimum atomic E-state index is -1.77. The number of hydrogen-bond donors (Lipinski definition) is 0. The molecule has 2 rings (SSSR count). The Morgan fingerprint density at radius 1 is 1.22 bits per heavy atom. The van der Waals surface area contributed by atoms with Gasteiger partial charge in [-0.3, -0.25) is 0 Å². The van der Waals surface area contributed by atoms with Crippen LogP contribution in [0.5, 0.6) is 0 Å². The summed E-state index contributed by atoms with van der Waals surface area (Å²) in [5.74, 6) is -0.332. The van der Waals surface area contributed by atoms with E-state index >= 15 is 0 Å². The topological polar surface area (TPSA) is 44.8 Å². The molecule has 1 fully saturated rings. The van der Waals surface area contributed by atoms with Crippen LogP contribution in [0.1, 0.15) is 44.0 Å². The van der Waals surface area contributed by atoms with E-state index in [1.165, 1.54) is 0 Å². The zero-order valence-electron chi connectivity index (χ0n) is 14.8. The minimum absolute atomic E-state index is 0.0118. The van der Waals surface area contributed by atoms with E-state index in [0.29, 0.717) is 12.2 Å². The first kappa shape index (κ1) is 18.2. The first-order chi connectivity index (χ1) is 10.7. The fourth-order valence-corrected chi connectivity index (χ4v) is 3.20. The predicted octanol–water partition coefficient (Wildman–Crippen LogP) is 4.37. The summed E-state index contributed by atoms with van der Waals surface area (Å²) in [6, 6.07) is 9.01. The molecule has 1 heterocycles. The van der Waals surface area contributed by atoms with Crippen LogP contribution >= 0.6 is 0 Å². The third-order valence-electron chi connectivity index (χ3n) is 4.75. The summed E-state index contributed by atoms with van der Waals surface area (Å²) in [5.41, 5.74) is 0.553. The van der Waals surface area contributed by atoms with Crippen molar-refractivity contribution in [1.82, 2.24) is 0 Å². The van der Waals surface area contributed by atoms with Gasteiger partial charge in [0.05, 0.1) is 18.3 Å². The summed E-state index contributed by atoms with van der Waals surface area (Å²) in [4.78, 5) is 12.0. The molecule has 1 aromatic rings. The second-order valence-electron chi connectivity index (χ2n) is 7.61. The molecule has 0 aliphatic carbocycles. The molecule has 2 atom stereocenters. The normalized spacial score (nSPS) is 22.1. The lowest BCUT2D eigenvalue weighted by molar-refractivity contribution is -0.109. The van der Waals surface area contributed by atoms with E-state index in [2.05, 4.69) is 33.9 Å². The van der Waals surface area contributed by atoms with Crippen LogP contribution < -0.4 is 0 Å². The van der Waals surface area contributed by atoms with Gasteiger partial charge in [0, 0.05) is 6.42 Å². The van der Waals surface area contributed by atoms with Gasteiger partial charge in [-0.2, -0.15) is 0 Å². The standard InChI is InChI=1S/C18H28O4Si/c1-18(2,3)23(4,5)20-13-15-11-12-16(21-15)22-17(19)14-9-7-6-8-10-14/h6-10,15-16H,11-13H2,1-5H3/t15-,16-/m0/s1. The number of ether oxygens (including phenoxy) is 2. The third-order valence-corrected chi connectivity index (χ3v) is 9.25. The highest BCUT2D eigenvalue weighted by molar-refractivity contribution is 6.74. The van der Waals surface area contributed by atoms with Gasteiger partial charge >= 0.3 is 5.97 Å². The molecular weight excluding hydrogens is 308 g/mol. The molecule has 1 saturated heterocycles. The van der Waals surface area contributed by atoms with E-state index in [4.69, 9.17) is 13.9 Å². The largest absolute Gasteiger partial charge is 0.432 e. The van der Waals surface area contributed by atoms with Gasteiger partial charge in [-0.25, -0.2) is 4.79 Å². The van der Waals surface area contributed by atoms with Crippen LogP contribution in [-0.4, -0.2) is 33.3 Å². The summed E-state index contributed by atoms with van der Waals surface area (Å²) < 4.78 is 17.4. The molecule has 1 aliphatic heterocycles. The lowest BCUT2D eigenvalue weighted by Gasteiger charge is -2.36. The molecule has 0 unspecified atom stereocenters. The second kappa shape index (κ2) is 7.15. The highest BCUT2D eigenvalue weighted by Crippen LogP contribution is 2.37. The van der Waals surface area contributed by atoms with Gasteiger partial charge in [0.1, 0.15) is 0 Å². The van der Waals surface area contributed by atoms with Gasteiger partial charge in [-0.05, 0) is 36.7 Å². The molecule has 0 amide bonds. The van der Waals surface area contributed by atoms with Crippen molar-refractivity contribution in [2.45, 2.75) is 64.1 Å². The lowest BCUT2D eigenvalue weighted by Crippen LogP contribution is -2.42. The van der Waals surface area contributed by atoms with Crippen molar-refractivity contribution < 1.29 is 18.7 Å². The Hall–Kier alpha value is -1.17. The van der Waals surface area contributed by atoms with Crippen molar-refractivity contribution >= 4 is 14.3 Å². The van der Waals surface area contributed by atoms with Gasteiger partial charge in [-0.1, -0.05) is 39.0 Å². The molecule has 128 valence electrons. The van der Waals surface area contributed by atoms with Crippen molar-refractivity contribution in [3.63, 3.8) is 0 Å². The van der Waals surface area contributed by atoms with E-state index in [9.17, 15) is 4.79 Å². The molecule has 23 heavy (non-hydrogen) atoms. The second-order valence-corrected chi connectivity index (χ2v) is 12.4. The maximum atomic E-state index is 12.0. The molecule has 5 heteroatoms. The van der Waals surface area contributed by atoms with Crippen molar-refractivity contribution in [3.05, 3.63) is 35.9 Å². The molecule has 0 radical (unpaired) electrons. The Balaban J connectivity index is 1.79. The number of carbonyl (C=O) groups is 1. The number of rotatable bonds is 5. The van der Waals surface area contributed by atoms with Crippen LogP contribution in [0.15, 0.2) is 30.3 Å². The molecule has 4 nitrogen and oxygen atoms in total. The zero-order valence-corrected chi connectivity index (χ0v) is 15.8. The maximum absolute atomic E-state index is 12.0. The summed E-state index contributed by atoms with van der Waals surface area (Å²) in [5, 5.41) is 0.185. The number of carbonyl (C=O) groups excluding carboxylic acids is 1. The van der Waals surface area contributed by atoms with Gasteiger partial charge < -0.3 is 13.9 Å². The van der Waals surface area contributed by atoms with Gasteiger partial charge in [0.25, 0.3) is 0 Å². The van der Waals surface area contributed by atoms with Crippen LogP contribution in [-0.2, 0) is 13.9 Å². The van der Waals surface area contributed by atoms with E-state index < -0.39 is 14.6 Å². The molecular formula is C18H28O4Si. The first-order valence-corrected chi connectivity index (χ1v) is 11.2. The molecule has 0 N–H and O–H groups in total. The van der Waals surface area contributed by atoms with E-state index in [0.717, 1.165) is 12.8 Å². The van der Waals surface area contributed by atoms with E-state index in [1.807, 2.05) is 18.2 Å². The Morgan fingerprint density at radius 3 is 2.48 bits per heavy atom. The monoisotopic (exact) mass is 336 g/mol. The van der Waals surface area contributed by atoms with Crippen molar-refractivity contribution in [1.29, 1.82) is 0 Å². The van der Waals surface area contributed by atoms with Gasteiger partial charge in [0.2, 0.25) is 6.29 Å². The summed E-state index contributed by atoms with van der Waals surface area (Å²) >= 11 is 0. The summed E-state index contributed by atoms with van der Waals surface area (Å²) in [6.45, 7) is 11.7. The van der Waals surface area contributed by atoms with Crippen LogP contribution in [0.3, 0.4) is 0 Å². The quantitative estimate of drug-likeness (QED) is 0.591. The number of benzene rings is 1. The fourth-order valence-electron chi connectivity index (χ4n) is 2.16. The Bertz CT molecular complexity index is 522. The van der Waals surface area contributed by atoms with Crippen molar-refractivity contribution in [2.24, 2.45) is 0 Å². The first-order valence-electron chi connectivity index (χ1n) is 8.24. The average Bonchev–Trinajstić information content (AvgIpc) is 2.92. The SMILES string of the molecule is CC(C)(C)[Si](C)(C)OC[C@@H]1CC[C@H](OC(=O)c2ccccc2)O1. The predicted molar refractivity (Wildman–Crippen MR) is 92.9 cm³/mol.